The number of carbonyl (C=O) groups excluding carboxylic acids is 1. The minimum atomic E-state index is -0.342. The molecule has 104 valence electrons. The monoisotopic (exact) mass is 335 g/mol. The SMILES string of the molecule is COc1cc(Br)ccc1C(=O)NOCc1ccccc1. The maximum atomic E-state index is 12.0. The summed E-state index contributed by atoms with van der Waals surface area (Å²) in [5.41, 5.74) is 3.81. The second-order valence-electron chi connectivity index (χ2n) is 4.05. The first-order valence-corrected chi connectivity index (χ1v) is 6.79. The Kier molecular flexibility index (Phi) is 5.15. The van der Waals surface area contributed by atoms with Crippen molar-refractivity contribution in [3.05, 3.63) is 64.1 Å². The zero-order valence-electron chi connectivity index (χ0n) is 10.9. The number of benzene rings is 2. The van der Waals surface area contributed by atoms with Gasteiger partial charge in [0.15, 0.2) is 0 Å². The van der Waals surface area contributed by atoms with Gasteiger partial charge in [-0.1, -0.05) is 46.3 Å². The van der Waals surface area contributed by atoms with Gasteiger partial charge in [-0.15, -0.1) is 0 Å². The molecule has 0 bridgehead atoms. The molecular weight excluding hydrogens is 322 g/mol. The molecule has 0 aliphatic rings. The number of hydrogen-bond donors (Lipinski definition) is 1. The van der Waals surface area contributed by atoms with Gasteiger partial charge in [0.1, 0.15) is 5.75 Å². The van der Waals surface area contributed by atoms with Gasteiger partial charge in [0, 0.05) is 4.47 Å². The minimum Gasteiger partial charge on any atom is -0.496 e. The smallest absolute Gasteiger partial charge is 0.278 e. The number of ether oxygens (including phenoxy) is 1. The predicted molar refractivity (Wildman–Crippen MR) is 79.4 cm³/mol. The van der Waals surface area contributed by atoms with Crippen LogP contribution in [0.15, 0.2) is 53.0 Å². The van der Waals surface area contributed by atoms with Crippen LogP contribution in [-0.4, -0.2) is 13.0 Å². The summed E-state index contributed by atoms with van der Waals surface area (Å²) in [5.74, 6) is 0.144. The molecule has 0 aliphatic carbocycles. The van der Waals surface area contributed by atoms with Crippen molar-refractivity contribution in [2.45, 2.75) is 6.61 Å². The summed E-state index contributed by atoms with van der Waals surface area (Å²) in [4.78, 5) is 17.2. The van der Waals surface area contributed by atoms with Crippen molar-refractivity contribution in [2.24, 2.45) is 0 Å². The summed E-state index contributed by atoms with van der Waals surface area (Å²) in [5, 5.41) is 0. The molecule has 0 atom stereocenters. The van der Waals surface area contributed by atoms with Crippen LogP contribution in [-0.2, 0) is 11.4 Å². The number of amides is 1. The predicted octanol–water partition coefficient (Wildman–Crippen LogP) is 3.32. The molecule has 0 unspecified atom stereocenters. The van der Waals surface area contributed by atoms with Crippen LogP contribution in [0.4, 0.5) is 0 Å². The lowest BCUT2D eigenvalue weighted by Crippen LogP contribution is -2.24. The molecule has 1 N–H and O–H groups in total. The summed E-state index contributed by atoms with van der Waals surface area (Å²) < 4.78 is 6.01. The highest BCUT2D eigenvalue weighted by atomic mass is 79.9. The normalized spacial score (nSPS) is 10.1. The summed E-state index contributed by atoms with van der Waals surface area (Å²) in [6.07, 6.45) is 0. The molecule has 4 nitrogen and oxygen atoms in total. The summed E-state index contributed by atoms with van der Waals surface area (Å²) in [6, 6.07) is 14.8. The fourth-order valence-electron chi connectivity index (χ4n) is 1.67. The maximum Gasteiger partial charge on any atom is 0.278 e. The lowest BCUT2D eigenvalue weighted by atomic mass is 10.2. The average molecular weight is 336 g/mol. The van der Waals surface area contributed by atoms with Crippen molar-refractivity contribution in [3.8, 4) is 5.75 Å². The Morgan fingerprint density at radius 2 is 1.95 bits per heavy atom. The van der Waals surface area contributed by atoms with Crippen LogP contribution in [0.25, 0.3) is 0 Å². The van der Waals surface area contributed by atoms with Crippen LogP contribution in [0.5, 0.6) is 5.75 Å². The molecule has 0 heterocycles. The Morgan fingerprint density at radius 3 is 2.65 bits per heavy atom. The van der Waals surface area contributed by atoms with Crippen molar-refractivity contribution in [2.75, 3.05) is 7.11 Å². The molecule has 5 heteroatoms. The molecular formula is C15H14BrNO3. The molecule has 1 amide bonds. The van der Waals surface area contributed by atoms with E-state index in [0.29, 0.717) is 17.9 Å². The van der Waals surface area contributed by atoms with E-state index in [-0.39, 0.29) is 5.91 Å². The number of carbonyl (C=O) groups is 1. The third-order valence-corrected chi connectivity index (χ3v) is 3.15. The molecule has 0 fully saturated rings. The molecule has 2 rings (SSSR count). The zero-order chi connectivity index (χ0) is 14.4. The van der Waals surface area contributed by atoms with Crippen LogP contribution >= 0.6 is 15.9 Å². The van der Waals surface area contributed by atoms with Gasteiger partial charge in [-0.05, 0) is 23.8 Å². The molecule has 2 aromatic rings. The maximum absolute atomic E-state index is 12.0. The van der Waals surface area contributed by atoms with Crippen LogP contribution in [0, 0.1) is 0 Å². The standard InChI is InChI=1S/C15H14BrNO3/c1-19-14-9-12(16)7-8-13(14)15(18)17-20-10-11-5-3-2-4-6-11/h2-9H,10H2,1H3,(H,17,18). The Balaban J connectivity index is 1.95. The van der Waals surface area contributed by atoms with E-state index in [9.17, 15) is 4.79 Å². The summed E-state index contributed by atoms with van der Waals surface area (Å²) in [6.45, 7) is 0.311. The van der Waals surface area contributed by atoms with Crippen molar-refractivity contribution in [1.29, 1.82) is 0 Å². The molecule has 0 saturated heterocycles. The molecule has 0 aliphatic heterocycles. The van der Waals surface area contributed by atoms with Crippen LogP contribution in [0.3, 0.4) is 0 Å². The lowest BCUT2D eigenvalue weighted by molar-refractivity contribution is 0.0231. The van der Waals surface area contributed by atoms with E-state index in [1.165, 1.54) is 7.11 Å². The summed E-state index contributed by atoms with van der Waals surface area (Å²) in [7, 11) is 1.52. The highest BCUT2D eigenvalue weighted by Gasteiger charge is 2.12. The Hall–Kier alpha value is -1.85. The number of nitrogens with one attached hydrogen (secondary N) is 1. The first kappa shape index (κ1) is 14.6. The summed E-state index contributed by atoms with van der Waals surface area (Å²) >= 11 is 3.33. The topological polar surface area (TPSA) is 47.6 Å². The Labute approximate surface area is 125 Å². The van der Waals surface area contributed by atoms with Crippen LogP contribution < -0.4 is 10.2 Å². The highest BCUT2D eigenvalue weighted by molar-refractivity contribution is 9.10. The molecule has 2 aromatic carbocycles. The third kappa shape index (κ3) is 3.82. The number of hydrogen-bond acceptors (Lipinski definition) is 3. The number of halogens is 1. The second-order valence-corrected chi connectivity index (χ2v) is 4.97. The van der Waals surface area contributed by atoms with Gasteiger partial charge in [0.05, 0.1) is 19.3 Å². The van der Waals surface area contributed by atoms with E-state index in [0.717, 1.165) is 10.0 Å². The van der Waals surface area contributed by atoms with Gasteiger partial charge in [-0.2, -0.15) is 0 Å². The quantitative estimate of drug-likeness (QED) is 0.852. The van der Waals surface area contributed by atoms with Gasteiger partial charge in [-0.3, -0.25) is 9.63 Å². The molecule has 0 aromatic heterocycles. The third-order valence-electron chi connectivity index (χ3n) is 2.65. The van der Waals surface area contributed by atoms with E-state index in [1.54, 1.807) is 18.2 Å². The molecule has 0 spiro atoms. The number of hydroxylamine groups is 1. The van der Waals surface area contributed by atoms with Crippen LogP contribution in [0.1, 0.15) is 15.9 Å². The van der Waals surface area contributed by atoms with Gasteiger partial charge in [-0.25, -0.2) is 5.48 Å². The first-order valence-electron chi connectivity index (χ1n) is 6.00. The largest absolute Gasteiger partial charge is 0.496 e. The van der Waals surface area contributed by atoms with Crippen molar-refractivity contribution in [3.63, 3.8) is 0 Å². The van der Waals surface area contributed by atoms with Gasteiger partial charge in [0.25, 0.3) is 5.91 Å². The van der Waals surface area contributed by atoms with E-state index in [1.807, 2.05) is 30.3 Å². The fourth-order valence-corrected chi connectivity index (χ4v) is 2.01. The second kappa shape index (κ2) is 7.07. The van der Waals surface area contributed by atoms with Crippen molar-refractivity contribution in [1.82, 2.24) is 5.48 Å². The van der Waals surface area contributed by atoms with Crippen molar-refractivity contribution >= 4 is 21.8 Å². The van der Waals surface area contributed by atoms with E-state index < -0.39 is 0 Å². The van der Waals surface area contributed by atoms with Crippen molar-refractivity contribution < 1.29 is 14.4 Å². The molecule has 0 radical (unpaired) electrons. The zero-order valence-corrected chi connectivity index (χ0v) is 12.5. The van der Waals surface area contributed by atoms with Gasteiger partial charge in [0.2, 0.25) is 0 Å². The first-order chi connectivity index (χ1) is 9.70. The lowest BCUT2D eigenvalue weighted by Gasteiger charge is -2.09. The van der Waals surface area contributed by atoms with Gasteiger partial charge >= 0.3 is 0 Å². The van der Waals surface area contributed by atoms with Gasteiger partial charge < -0.3 is 4.74 Å². The average Bonchev–Trinajstić information content (AvgIpc) is 2.48. The number of methoxy groups -OCH3 is 1. The minimum absolute atomic E-state index is 0.311. The molecule has 0 saturated carbocycles. The van der Waals surface area contributed by atoms with E-state index in [2.05, 4.69) is 21.4 Å². The fraction of sp³-hybridized carbons (Fsp3) is 0.133. The number of rotatable bonds is 5. The van der Waals surface area contributed by atoms with Crippen LogP contribution in [0.2, 0.25) is 0 Å². The molecule has 20 heavy (non-hydrogen) atoms. The Bertz CT molecular complexity index is 587. The Morgan fingerprint density at radius 1 is 1.20 bits per heavy atom. The van der Waals surface area contributed by atoms with E-state index in [4.69, 9.17) is 9.57 Å². The highest BCUT2D eigenvalue weighted by Crippen LogP contribution is 2.23. The van der Waals surface area contributed by atoms with E-state index >= 15 is 0 Å².